The van der Waals surface area contributed by atoms with Crippen LogP contribution >= 0.6 is 0 Å². The number of aliphatic carboxylic acids is 2. The topological polar surface area (TPSA) is 271 Å². The molecule has 0 saturated heterocycles. The van der Waals surface area contributed by atoms with Crippen molar-refractivity contribution >= 4 is 35.6 Å². The van der Waals surface area contributed by atoms with Crippen LogP contribution in [0.1, 0.15) is 12.8 Å². The Bertz CT molecular complexity index is 655. The molecule has 15 heteroatoms. The molecule has 164 valence electrons. The average molecular weight is 421 g/mol. The predicted molar refractivity (Wildman–Crippen MR) is 91.6 cm³/mol. The highest BCUT2D eigenvalue weighted by Gasteiger charge is 2.31. The van der Waals surface area contributed by atoms with E-state index in [1.54, 1.807) is 0 Å². The molecule has 0 heterocycles. The maximum absolute atomic E-state index is 12.2. The molecule has 11 N–H and O–H groups in total. The fourth-order valence-electron chi connectivity index (χ4n) is 1.89. The van der Waals surface area contributed by atoms with Gasteiger partial charge in [-0.25, -0.2) is 4.79 Å². The Morgan fingerprint density at radius 3 is 1.59 bits per heavy atom. The Morgan fingerprint density at radius 1 is 0.724 bits per heavy atom. The lowest BCUT2D eigenvalue weighted by Gasteiger charge is -2.23. The van der Waals surface area contributed by atoms with Crippen LogP contribution in [0.3, 0.4) is 0 Å². The van der Waals surface area contributed by atoms with E-state index >= 15 is 0 Å². The molecule has 0 rings (SSSR count). The first-order valence-electron chi connectivity index (χ1n) is 8.04. The number of primary amides is 1. The van der Waals surface area contributed by atoms with Gasteiger partial charge in [-0.05, 0) is 0 Å². The molecule has 4 amide bonds. The zero-order chi connectivity index (χ0) is 22.7. The molecule has 15 nitrogen and oxygen atoms in total. The number of carbonyl (C=O) groups excluding carboxylic acids is 4. The van der Waals surface area contributed by atoms with Crippen molar-refractivity contribution in [3.8, 4) is 0 Å². The van der Waals surface area contributed by atoms with Gasteiger partial charge >= 0.3 is 11.9 Å². The second-order valence-corrected chi connectivity index (χ2v) is 5.76. The molecule has 0 saturated carbocycles. The molecule has 0 aliphatic rings. The third kappa shape index (κ3) is 9.45. The summed E-state index contributed by atoms with van der Waals surface area (Å²) in [4.78, 5) is 68.6. The summed E-state index contributed by atoms with van der Waals surface area (Å²) in [5.74, 6) is -7.44. The number of aliphatic hydroxyl groups is 2. The first kappa shape index (κ1) is 25.7. The lowest BCUT2D eigenvalue weighted by Crippen LogP contribution is -2.59. The van der Waals surface area contributed by atoms with E-state index in [1.165, 1.54) is 0 Å². The van der Waals surface area contributed by atoms with Crippen LogP contribution in [-0.4, -0.2) is 93.4 Å². The van der Waals surface area contributed by atoms with Gasteiger partial charge in [0.05, 0.1) is 32.1 Å². The van der Waals surface area contributed by atoms with Crippen molar-refractivity contribution in [1.29, 1.82) is 0 Å². The standard InChI is InChI=1S/C14H23N5O10/c15-5(1-10(23)24)11(25)18-7(3-20)13(27)17-6(2-9(16)22)12(26)19-8(4-21)14(28)29/h5-8,20-21H,1-4,15H2,(H2,16,22)(H,17,27)(H,18,25)(H,19,26)(H,23,24)(H,28,29). The van der Waals surface area contributed by atoms with Gasteiger partial charge in [0.15, 0.2) is 0 Å². The summed E-state index contributed by atoms with van der Waals surface area (Å²) in [6, 6.07) is -6.61. The highest BCUT2D eigenvalue weighted by Crippen LogP contribution is 1.98. The summed E-state index contributed by atoms with van der Waals surface area (Å²) in [6.45, 7) is -1.95. The smallest absolute Gasteiger partial charge is 0.328 e. The summed E-state index contributed by atoms with van der Waals surface area (Å²) in [5.41, 5.74) is 10.3. The molecule has 0 aromatic carbocycles. The minimum absolute atomic E-state index is 0.754. The van der Waals surface area contributed by atoms with Crippen molar-refractivity contribution in [3.05, 3.63) is 0 Å². The van der Waals surface area contributed by atoms with Gasteiger partial charge in [0.1, 0.15) is 18.1 Å². The maximum atomic E-state index is 12.2. The zero-order valence-corrected chi connectivity index (χ0v) is 15.0. The number of hydrogen-bond acceptors (Lipinski definition) is 9. The van der Waals surface area contributed by atoms with Gasteiger partial charge in [-0.15, -0.1) is 0 Å². The van der Waals surface area contributed by atoms with Crippen LogP contribution in [0, 0.1) is 0 Å². The lowest BCUT2D eigenvalue weighted by atomic mass is 10.1. The molecule has 29 heavy (non-hydrogen) atoms. The second kappa shape index (κ2) is 12.2. The molecule has 0 bridgehead atoms. The fraction of sp³-hybridized carbons (Fsp3) is 0.571. The third-order valence-electron chi connectivity index (χ3n) is 3.38. The van der Waals surface area contributed by atoms with Crippen molar-refractivity contribution in [1.82, 2.24) is 16.0 Å². The Kier molecular flexibility index (Phi) is 10.8. The van der Waals surface area contributed by atoms with Crippen LogP contribution in [0.25, 0.3) is 0 Å². The molecule has 0 aromatic rings. The van der Waals surface area contributed by atoms with E-state index in [0.29, 0.717) is 0 Å². The van der Waals surface area contributed by atoms with Crippen LogP contribution in [0.4, 0.5) is 0 Å². The van der Waals surface area contributed by atoms with Crippen molar-refractivity contribution in [2.45, 2.75) is 37.0 Å². The van der Waals surface area contributed by atoms with E-state index < -0.39 is 85.8 Å². The number of carbonyl (C=O) groups is 6. The number of nitrogens with one attached hydrogen (secondary N) is 3. The number of hydrogen-bond donors (Lipinski definition) is 9. The van der Waals surface area contributed by atoms with Crippen LogP contribution in [0.5, 0.6) is 0 Å². The Balaban J connectivity index is 5.19. The summed E-state index contributed by atoms with van der Waals surface area (Å²) < 4.78 is 0. The van der Waals surface area contributed by atoms with Crippen LogP contribution in [0.15, 0.2) is 0 Å². The second-order valence-electron chi connectivity index (χ2n) is 5.76. The Morgan fingerprint density at radius 2 is 1.17 bits per heavy atom. The highest BCUT2D eigenvalue weighted by atomic mass is 16.4. The Labute approximate surface area is 163 Å². The first-order valence-corrected chi connectivity index (χ1v) is 8.04. The van der Waals surface area contributed by atoms with E-state index in [2.05, 4.69) is 0 Å². The number of carboxylic acid groups (broad SMARTS) is 2. The quantitative estimate of drug-likeness (QED) is 0.135. The molecule has 4 unspecified atom stereocenters. The van der Waals surface area contributed by atoms with Gasteiger partial charge in [-0.1, -0.05) is 0 Å². The SMILES string of the molecule is NC(=O)CC(NC(=O)C(CO)NC(=O)C(N)CC(=O)O)C(=O)NC(CO)C(=O)O. The average Bonchev–Trinajstić information content (AvgIpc) is 2.61. The van der Waals surface area contributed by atoms with Crippen molar-refractivity contribution in [2.24, 2.45) is 11.5 Å². The van der Waals surface area contributed by atoms with Crippen LogP contribution in [-0.2, 0) is 28.8 Å². The summed E-state index contributed by atoms with van der Waals surface area (Å²) >= 11 is 0. The van der Waals surface area contributed by atoms with Crippen molar-refractivity contribution in [2.75, 3.05) is 13.2 Å². The van der Waals surface area contributed by atoms with E-state index in [9.17, 15) is 33.9 Å². The molecular formula is C14H23N5O10. The van der Waals surface area contributed by atoms with Crippen molar-refractivity contribution < 1.29 is 49.2 Å². The zero-order valence-electron chi connectivity index (χ0n) is 15.0. The van der Waals surface area contributed by atoms with Crippen LogP contribution < -0.4 is 27.4 Å². The monoisotopic (exact) mass is 421 g/mol. The molecular weight excluding hydrogens is 398 g/mol. The summed E-state index contributed by atoms with van der Waals surface area (Å²) in [6.07, 6.45) is -1.52. The predicted octanol–water partition coefficient (Wildman–Crippen LogP) is -5.81. The molecule has 0 aliphatic heterocycles. The number of amides is 4. The number of carboxylic acids is 2. The minimum Gasteiger partial charge on any atom is -0.481 e. The number of nitrogens with two attached hydrogens (primary N) is 2. The summed E-state index contributed by atoms with van der Waals surface area (Å²) in [7, 11) is 0. The van der Waals surface area contributed by atoms with E-state index in [1.807, 2.05) is 16.0 Å². The lowest BCUT2D eigenvalue weighted by molar-refractivity contribution is -0.143. The van der Waals surface area contributed by atoms with Crippen molar-refractivity contribution in [3.63, 3.8) is 0 Å². The Hall–Kier alpha value is -3.30. The van der Waals surface area contributed by atoms with Gasteiger partial charge < -0.3 is 47.8 Å². The van der Waals surface area contributed by atoms with Gasteiger partial charge in [-0.2, -0.15) is 0 Å². The number of rotatable bonds is 13. The third-order valence-corrected chi connectivity index (χ3v) is 3.38. The van der Waals surface area contributed by atoms with Gasteiger partial charge in [-0.3, -0.25) is 24.0 Å². The van der Waals surface area contributed by atoms with E-state index in [4.69, 9.17) is 26.8 Å². The molecule has 0 radical (unpaired) electrons. The molecule has 0 fully saturated rings. The van der Waals surface area contributed by atoms with Gasteiger partial charge in [0.25, 0.3) is 0 Å². The minimum atomic E-state index is -1.72. The van der Waals surface area contributed by atoms with E-state index in [0.717, 1.165) is 0 Å². The summed E-state index contributed by atoms with van der Waals surface area (Å²) in [5, 5.41) is 41.4. The van der Waals surface area contributed by atoms with Gasteiger partial charge in [0, 0.05) is 0 Å². The molecule has 0 aliphatic carbocycles. The van der Waals surface area contributed by atoms with E-state index in [-0.39, 0.29) is 0 Å². The van der Waals surface area contributed by atoms with Crippen LogP contribution in [0.2, 0.25) is 0 Å². The largest absolute Gasteiger partial charge is 0.481 e. The molecule has 4 atom stereocenters. The number of aliphatic hydroxyl groups excluding tert-OH is 2. The maximum Gasteiger partial charge on any atom is 0.328 e. The molecule has 0 spiro atoms. The fourth-order valence-corrected chi connectivity index (χ4v) is 1.89. The highest BCUT2D eigenvalue weighted by molar-refractivity contribution is 5.96. The van der Waals surface area contributed by atoms with Gasteiger partial charge in [0.2, 0.25) is 23.6 Å². The molecule has 0 aromatic heterocycles. The normalized spacial score (nSPS) is 14.6. The first-order chi connectivity index (χ1) is 13.4.